The summed E-state index contributed by atoms with van der Waals surface area (Å²) in [6, 6.07) is 4.41. The van der Waals surface area contributed by atoms with Crippen molar-refractivity contribution in [2.75, 3.05) is 26.0 Å². The molecule has 0 atom stereocenters. The van der Waals surface area contributed by atoms with Crippen molar-refractivity contribution in [3.05, 3.63) is 40.1 Å². The molecule has 0 saturated heterocycles. The fraction of sp³-hybridized carbons (Fsp3) is 0.353. The molecular weight excluding hydrogens is 336 g/mol. The third kappa shape index (κ3) is 3.94. The van der Waals surface area contributed by atoms with Gasteiger partial charge in [-0.05, 0) is 31.9 Å². The first-order valence-electron chi connectivity index (χ1n) is 8.15. The van der Waals surface area contributed by atoms with E-state index in [0.717, 1.165) is 19.4 Å². The van der Waals surface area contributed by atoms with Crippen molar-refractivity contribution >= 4 is 34.3 Å². The van der Waals surface area contributed by atoms with Gasteiger partial charge < -0.3 is 16.0 Å². The molecule has 3 rings (SSSR count). The summed E-state index contributed by atoms with van der Waals surface area (Å²) in [5, 5.41) is 30.2. The van der Waals surface area contributed by atoms with E-state index in [2.05, 4.69) is 11.1 Å². The van der Waals surface area contributed by atoms with Crippen molar-refractivity contribution in [3.8, 4) is 0 Å². The minimum atomic E-state index is -0.568. The summed E-state index contributed by atoms with van der Waals surface area (Å²) in [5.74, 6) is 0.0389. The normalized spacial score (nSPS) is 16.7. The summed E-state index contributed by atoms with van der Waals surface area (Å²) in [4.78, 5) is 23.6. The Morgan fingerprint density at radius 2 is 1.96 bits per heavy atom. The minimum absolute atomic E-state index is 0.0956. The summed E-state index contributed by atoms with van der Waals surface area (Å²) in [7, 11) is 3.00. The van der Waals surface area contributed by atoms with Gasteiger partial charge in [-0.1, -0.05) is 0 Å². The van der Waals surface area contributed by atoms with E-state index < -0.39 is 16.5 Å². The number of benzene rings is 1. The number of amides is 1. The standard InChI is InChI=1S/C16H17N5O3.CH5N/c1-20-8-12(14(17)15(18)16(20)22)11-6-10(21(23)24)4-5-13(11)19-7-9-2-3-9;1-2/h4-6,8-9,17-19H,2-3,7H2,1H3;2H2,1H3. The van der Waals surface area contributed by atoms with Crippen LogP contribution in [-0.2, 0) is 4.79 Å². The number of nitrogens with two attached hydrogens (primary N) is 1. The Labute approximate surface area is 151 Å². The number of allylic oxidation sites excluding steroid dienone is 1. The number of hydrogen-bond donors (Lipinski definition) is 4. The molecule has 1 aromatic carbocycles. The molecule has 1 aromatic rings. The Morgan fingerprint density at radius 3 is 2.54 bits per heavy atom. The first-order valence-corrected chi connectivity index (χ1v) is 8.15. The van der Waals surface area contributed by atoms with Crippen LogP contribution in [0.3, 0.4) is 0 Å². The zero-order chi connectivity index (χ0) is 19.4. The molecule has 1 amide bonds. The Balaban J connectivity index is 0.00000117. The van der Waals surface area contributed by atoms with Gasteiger partial charge in [0.1, 0.15) is 5.71 Å². The van der Waals surface area contributed by atoms with Gasteiger partial charge in [-0.2, -0.15) is 0 Å². The number of hydrogen-bond acceptors (Lipinski definition) is 7. The second kappa shape index (κ2) is 7.87. The van der Waals surface area contributed by atoms with Crippen LogP contribution in [0.15, 0.2) is 24.4 Å². The SMILES string of the molecule is CN.CN1C=C(c2cc([N+](=O)[O-])ccc2NCC2CC2)C(=N)C(=N)C1=O. The Morgan fingerprint density at radius 1 is 1.31 bits per heavy atom. The second-order valence-electron chi connectivity index (χ2n) is 6.02. The highest BCUT2D eigenvalue weighted by Crippen LogP contribution is 2.33. The molecule has 5 N–H and O–H groups in total. The van der Waals surface area contributed by atoms with Crippen LogP contribution in [0, 0.1) is 26.9 Å². The lowest BCUT2D eigenvalue weighted by Crippen LogP contribution is -2.38. The van der Waals surface area contributed by atoms with Gasteiger partial charge >= 0.3 is 0 Å². The summed E-state index contributed by atoms with van der Waals surface area (Å²) in [6.07, 6.45) is 3.77. The number of non-ortho nitro benzene ring substituents is 1. The van der Waals surface area contributed by atoms with Gasteiger partial charge in [0.05, 0.1) is 10.6 Å². The molecule has 0 unspecified atom stereocenters. The highest BCUT2D eigenvalue weighted by molar-refractivity contribution is 6.75. The zero-order valence-corrected chi connectivity index (χ0v) is 14.7. The van der Waals surface area contributed by atoms with Crippen LogP contribution in [0.1, 0.15) is 18.4 Å². The van der Waals surface area contributed by atoms with E-state index in [9.17, 15) is 14.9 Å². The molecule has 0 radical (unpaired) electrons. The maximum Gasteiger partial charge on any atom is 0.277 e. The molecule has 1 saturated carbocycles. The lowest BCUT2D eigenvalue weighted by molar-refractivity contribution is -0.384. The molecule has 9 nitrogen and oxygen atoms in total. The molecule has 0 aromatic heterocycles. The summed E-state index contributed by atoms with van der Waals surface area (Å²) < 4.78 is 0. The number of nitro groups is 1. The van der Waals surface area contributed by atoms with Gasteiger partial charge in [0.2, 0.25) is 0 Å². The predicted molar refractivity (Wildman–Crippen MR) is 101 cm³/mol. The third-order valence-electron chi connectivity index (χ3n) is 4.16. The average Bonchev–Trinajstić information content (AvgIpc) is 3.47. The number of anilines is 1. The number of nitrogens with one attached hydrogen (secondary N) is 3. The number of nitrogens with zero attached hydrogens (tertiary/aromatic N) is 2. The first-order chi connectivity index (χ1) is 12.4. The van der Waals surface area contributed by atoms with Crippen LogP contribution in [-0.4, -0.2) is 47.8 Å². The van der Waals surface area contributed by atoms with Crippen LogP contribution < -0.4 is 11.1 Å². The molecule has 2 aliphatic rings. The molecule has 9 heteroatoms. The highest BCUT2D eigenvalue weighted by atomic mass is 16.6. The van der Waals surface area contributed by atoms with Gasteiger partial charge in [-0.3, -0.25) is 25.7 Å². The van der Waals surface area contributed by atoms with Crippen LogP contribution in [0.5, 0.6) is 0 Å². The van der Waals surface area contributed by atoms with Gasteiger partial charge in [-0.15, -0.1) is 0 Å². The number of rotatable bonds is 5. The van der Waals surface area contributed by atoms with Crippen molar-refractivity contribution in [2.24, 2.45) is 11.7 Å². The number of carbonyl (C=O) groups is 1. The van der Waals surface area contributed by atoms with Gasteiger partial charge in [-0.25, -0.2) is 0 Å². The first kappa shape index (κ1) is 19.3. The molecule has 138 valence electrons. The van der Waals surface area contributed by atoms with Crippen molar-refractivity contribution < 1.29 is 9.72 Å². The van der Waals surface area contributed by atoms with Crippen molar-refractivity contribution in [2.45, 2.75) is 12.8 Å². The maximum absolute atomic E-state index is 11.8. The highest BCUT2D eigenvalue weighted by Gasteiger charge is 2.30. The molecule has 1 aliphatic carbocycles. The molecule has 1 fully saturated rings. The lowest BCUT2D eigenvalue weighted by Gasteiger charge is -2.24. The summed E-state index contributed by atoms with van der Waals surface area (Å²) >= 11 is 0. The van der Waals surface area contributed by atoms with Gasteiger partial charge in [0.25, 0.3) is 11.6 Å². The second-order valence-corrected chi connectivity index (χ2v) is 6.02. The van der Waals surface area contributed by atoms with Crippen molar-refractivity contribution in [3.63, 3.8) is 0 Å². The Bertz CT molecular complexity index is 798. The minimum Gasteiger partial charge on any atom is -0.384 e. The van der Waals surface area contributed by atoms with Crippen molar-refractivity contribution in [1.29, 1.82) is 10.8 Å². The lowest BCUT2D eigenvalue weighted by atomic mass is 9.94. The molecule has 26 heavy (non-hydrogen) atoms. The van der Waals surface area contributed by atoms with E-state index in [4.69, 9.17) is 10.8 Å². The number of carbonyl (C=O) groups excluding carboxylic acids is 1. The molecule has 1 heterocycles. The molecule has 1 aliphatic heterocycles. The smallest absolute Gasteiger partial charge is 0.277 e. The van der Waals surface area contributed by atoms with E-state index in [1.807, 2.05) is 0 Å². The fourth-order valence-electron chi connectivity index (χ4n) is 2.54. The van der Waals surface area contributed by atoms with Gasteiger partial charge in [0, 0.05) is 48.7 Å². The Kier molecular flexibility index (Phi) is 5.83. The van der Waals surface area contributed by atoms with E-state index >= 15 is 0 Å². The Hall–Kier alpha value is -3.07. The average molecular weight is 358 g/mol. The van der Waals surface area contributed by atoms with E-state index in [1.165, 1.54) is 37.3 Å². The number of nitro benzene ring substituents is 1. The van der Waals surface area contributed by atoms with Crippen molar-refractivity contribution in [1.82, 2.24) is 4.90 Å². The third-order valence-corrected chi connectivity index (χ3v) is 4.16. The van der Waals surface area contributed by atoms with Crippen LogP contribution in [0.25, 0.3) is 5.57 Å². The van der Waals surface area contributed by atoms with E-state index in [0.29, 0.717) is 22.7 Å². The summed E-state index contributed by atoms with van der Waals surface area (Å²) in [6.45, 7) is 0.762. The molecule has 0 bridgehead atoms. The largest absolute Gasteiger partial charge is 0.384 e. The van der Waals surface area contributed by atoms with Crippen LogP contribution >= 0.6 is 0 Å². The van der Waals surface area contributed by atoms with E-state index in [-0.39, 0.29) is 11.4 Å². The molecular formula is C17H22N6O3. The van der Waals surface area contributed by atoms with Crippen LogP contribution in [0.2, 0.25) is 0 Å². The summed E-state index contributed by atoms with van der Waals surface area (Å²) in [5.41, 5.74) is 5.20. The zero-order valence-electron chi connectivity index (χ0n) is 14.7. The molecule has 0 spiro atoms. The maximum atomic E-state index is 11.8. The topological polar surface area (TPSA) is 149 Å². The predicted octanol–water partition coefficient (Wildman–Crippen LogP) is 1.84. The van der Waals surface area contributed by atoms with Crippen LogP contribution in [0.4, 0.5) is 11.4 Å². The fourth-order valence-corrected chi connectivity index (χ4v) is 2.54. The van der Waals surface area contributed by atoms with Gasteiger partial charge in [0.15, 0.2) is 0 Å². The monoisotopic (exact) mass is 358 g/mol. The quantitative estimate of drug-likeness (QED) is 0.468. The van der Waals surface area contributed by atoms with E-state index in [1.54, 1.807) is 6.07 Å².